The molecule has 1 heterocycles. The van der Waals surface area contributed by atoms with Crippen LogP contribution < -0.4 is 4.90 Å². The zero-order valence-corrected chi connectivity index (χ0v) is 14.2. The van der Waals surface area contributed by atoms with E-state index in [1.165, 1.54) is 26.6 Å². The highest BCUT2D eigenvalue weighted by molar-refractivity contribution is 7.99. The normalized spacial score (nSPS) is 16.0. The van der Waals surface area contributed by atoms with Crippen LogP contribution in [-0.4, -0.2) is 31.1 Å². The molecule has 3 rings (SSSR count). The second kappa shape index (κ2) is 6.76. The first-order valence-corrected chi connectivity index (χ1v) is 8.59. The van der Waals surface area contributed by atoms with Crippen molar-refractivity contribution in [3.63, 3.8) is 0 Å². The van der Waals surface area contributed by atoms with Crippen LogP contribution in [0.15, 0.2) is 52.3 Å². The van der Waals surface area contributed by atoms with Gasteiger partial charge in [0, 0.05) is 43.0 Å². The van der Waals surface area contributed by atoms with Gasteiger partial charge in [-0.25, -0.2) is 0 Å². The van der Waals surface area contributed by atoms with E-state index in [-0.39, 0.29) is 0 Å². The molecule has 1 fully saturated rings. The molecule has 0 atom stereocenters. The molecule has 1 aliphatic heterocycles. The van der Waals surface area contributed by atoms with Gasteiger partial charge in [0.2, 0.25) is 0 Å². The summed E-state index contributed by atoms with van der Waals surface area (Å²) in [5, 5.41) is 0. The summed E-state index contributed by atoms with van der Waals surface area (Å²) in [5.74, 6) is 0. The molecular formula is C19H23N2S. The molecule has 0 N–H and O–H groups in total. The number of para-hydroxylation sites is 1. The number of piperazine rings is 1. The van der Waals surface area contributed by atoms with Gasteiger partial charge in [0.05, 0.1) is 5.69 Å². The van der Waals surface area contributed by atoms with Crippen LogP contribution in [0.3, 0.4) is 0 Å². The molecule has 22 heavy (non-hydrogen) atoms. The molecular weight excluding hydrogens is 288 g/mol. The summed E-state index contributed by atoms with van der Waals surface area (Å²) in [6.07, 6.45) is 0. The first kappa shape index (κ1) is 15.4. The minimum atomic E-state index is 1.03. The Morgan fingerprint density at radius 2 is 1.64 bits per heavy atom. The largest absolute Gasteiger partial charge is 0.368 e. The monoisotopic (exact) mass is 311 g/mol. The maximum Gasteiger partial charge on any atom is 0.0508 e. The Labute approximate surface area is 138 Å². The van der Waals surface area contributed by atoms with Crippen LogP contribution in [0.4, 0.5) is 5.69 Å². The highest BCUT2D eigenvalue weighted by Gasteiger charge is 2.17. The van der Waals surface area contributed by atoms with Crippen LogP contribution >= 0.6 is 11.8 Å². The van der Waals surface area contributed by atoms with E-state index in [1.807, 2.05) is 11.8 Å². The lowest BCUT2D eigenvalue weighted by molar-refractivity contribution is 0.344. The third-order valence-corrected chi connectivity index (χ3v) is 5.37. The maximum atomic E-state index is 4.04. The quantitative estimate of drug-likeness (QED) is 0.831. The van der Waals surface area contributed by atoms with Crippen LogP contribution in [0.2, 0.25) is 0 Å². The molecule has 3 heteroatoms. The van der Waals surface area contributed by atoms with Crippen molar-refractivity contribution >= 4 is 17.4 Å². The predicted molar refractivity (Wildman–Crippen MR) is 95.6 cm³/mol. The van der Waals surface area contributed by atoms with E-state index >= 15 is 0 Å². The molecule has 2 aromatic carbocycles. The summed E-state index contributed by atoms with van der Waals surface area (Å²) >= 11 is 1.87. The Balaban J connectivity index is 1.85. The first-order valence-electron chi connectivity index (χ1n) is 7.78. The van der Waals surface area contributed by atoms with Gasteiger partial charge in [0.25, 0.3) is 0 Å². The van der Waals surface area contributed by atoms with Crippen molar-refractivity contribution in [3.05, 3.63) is 60.6 Å². The van der Waals surface area contributed by atoms with E-state index in [0.29, 0.717) is 0 Å². The molecule has 115 valence electrons. The van der Waals surface area contributed by atoms with Gasteiger partial charge < -0.3 is 4.90 Å². The average molecular weight is 311 g/mol. The number of anilines is 1. The Hall–Kier alpha value is -1.45. The van der Waals surface area contributed by atoms with Gasteiger partial charge >= 0.3 is 0 Å². The summed E-state index contributed by atoms with van der Waals surface area (Å²) < 4.78 is 0. The van der Waals surface area contributed by atoms with E-state index in [4.69, 9.17) is 0 Å². The Kier molecular flexibility index (Phi) is 4.74. The minimum absolute atomic E-state index is 1.03. The molecule has 0 bridgehead atoms. The van der Waals surface area contributed by atoms with Gasteiger partial charge in [0.15, 0.2) is 0 Å². The van der Waals surface area contributed by atoms with Crippen molar-refractivity contribution in [2.24, 2.45) is 0 Å². The zero-order valence-electron chi connectivity index (χ0n) is 13.4. The van der Waals surface area contributed by atoms with Crippen LogP contribution in [0.5, 0.6) is 0 Å². The summed E-state index contributed by atoms with van der Waals surface area (Å²) in [6, 6.07) is 15.4. The van der Waals surface area contributed by atoms with Gasteiger partial charge in [0.1, 0.15) is 0 Å². The van der Waals surface area contributed by atoms with E-state index in [0.717, 1.165) is 26.2 Å². The summed E-state index contributed by atoms with van der Waals surface area (Å²) in [5.41, 5.74) is 4.02. The molecule has 1 aliphatic rings. The zero-order chi connectivity index (χ0) is 15.5. The lowest BCUT2D eigenvalue weighted by atomic mass is 10.2. The minimum Gasteiger partial charge on any atom is -0.368 e. The summed E-state index contributed by atoms with van der Waals surface area (Å²) in [6.45, 7) is 8.50. The first-order chi connectivity index (χ1) is 10.6. The topological polar surface area (TPSA) is 6.48 Å². The predicted octanol–water partition coefficient (Wildman–Crippen LogP) is 4.37. The van der Waals surface area contributed by atoms with Crippen LogP contribution in [0.1, 0.15) is 11.1 Å². The number of rotatable bonds is 3. The Morgan fingerprint density at radius 3 is 2.36 bits per heavy atom. The lowest BCUT2D eigenvalue weighted by Gasteiger charge is -2.35. The average Bonchev–Trinajstić information content (AvgIpc) is 2.51. The molecule has 1 radical (unpaired) electrons. The molecule has 2 aromatic rings. The maximum absolute atomic E-state index is 4.04. The Bertz CT molecular complexity index is 646. The summed E-state index contributed by atoms with van der Waals surface area (Å²) in [7, 11) is 4.04. The standard InChI is InChI=1S/C19H23N2S/c1-15-8-9-18(16(2)14-15)22-19-7-5-4-6-17(19)21-12-10-20(3)11-13-21/h4-9,14H,3,10-13H2,1-2H3. The van der Waals surface area contributed by atoms with Crippen LogP contribution in [0, 0.1) is 20.9 Å². The third kappa shape index (κ3) is 3.47. The van der Waals surface area contributed by atoms with Crippen molar-refractivity contribution < 1.29 is 0 Å². The fraction of sp³-hybridized carbons (Fsp3) is 0.316. The molecule has 0 amide bonds. The molecule has 0 aliphatic carbocycles. The van der Waals surface area contributed by atoms with Crippen molar-refractivity contribution in [2.75, 3.05) is 31.1 Å². The van der Waals surface area contributed by atoms with E-state index in [1.54, 1.807) is 0 Å². The van der Waals surface area contributed by atoms with Crippen molar-refractivity contribution in [3.8, 4) is 0 Å². The number of hydrogen-bond acceptors (Lipinski definition) is 3. The molecule has 0 unspecified atom stereocenters. The smallest absolute Gasteiger partial charge is 0.0508 e. The van der Waals surface area contributed by atoms with Gasteiger partial charge in [-0.05, 0) is 37.6 Å². The van der Waals surface area contributed by atoms with E-state index < -0.39 is 0 Å². The number of aryl methyl sites for hydroxylation is 2. The highest BCUT2D eigenvalue weighted by atomic mass is 32.2. The molecule has 1 saturated heterocycles. The lowest BCUT2D eigenvalue weighted by Crippen LogP contribution is -2.43. The van der Waals surface area contributed by atoms with Gasteiger partial charge in [-0.1, -0.05) is 41.6 Å². The van der Waals surface area contributed by atoms with E-state index in [2.05, 4.69) is 73.2 Å². The van der Waals surface area contributed by atoms with Gasteiger partial charge in [-0.15, -0.1) is 0 Å². The summed E-state index contributed by atoms with van der Waals surface area (Å²) in [4.78, 5) is 7.31. The number of benzene rings is 2. The van der Waals surface area contributed by atoms with Crippen molar-refractivity contribution in [2.45, 2.75) is 23.6 Å². The van der Waals surface area contributed by atoms with E-state index in [9.17, 15) is 0 Å². The third-order valence-electron chi connectivity index (χ3n) is 4.13. The van der Waals surface area contributed by atoms with Gasteiger partial charge in [-0.2, -0.15) is 0 Å². The van der Waals surface area contributed by atoms with Crippen molar-refractivity contribution in [1.82, 2.24) is 4.90 Å². The van der Waals surface area contributed by atoms with Crippen LogP contribution in [0.25, 0.3) is 0 Å². The van der Waals surface area contributed by atoms with Crippen molar-refractivity contribution in [1.29, 1.82) is 0 Å². The molecule has 2 nitrogen and oxygen atoms in total. The molecule has 0 aromatic heterocycles. The molecule has 0 saturated carbocycles. The van der Waals surface area contributed by atoms with Gasteiger partial charge in [-0.3, -0.25) is 4.90 Å². The number of nitrogens with zero attached hydrogens (tertiary/aromatic N) is 2. The fourth-order valence-electron chi connectivity index (χ4n) is 2.83. The molecule has 0 spiro atoms. The number of hydrogen-bond donors (Lipinski definition) is 0. The second-order valence-corrected chi connectivity index (χ2v) is 7.03. The van der Waals surface area contributed by atoms with Crippen LogP contribution in [-0.2, 0) is 0 Å². The SMILES string of the molecule is [CH2]N1CCN(c2ccccc2Sc2ccc(C)cc2C)CC1. The Morgan fingerprint density at radius 1 is 0.909 bits per heavy atom. The second-order valence-electron chi connectivity index (χ2n) is 5.94. The highest BCUT2D eigenvalue weighted by Crippen LogP contribution is 2.37. The fourth-order valence-corrected chi connectivity index (χ4v) is 3.87.